The number of halogens is 1. The number of amides is 1. The predicted molar refractivity (Wildman–Crippen MR) is 80.9 cm³/mol. The van der Waals surface area contributed by atoms with Crippen LogP contribution in [-0.4, -0.2) is 21.1 Å². The number of aromatic amines is 1. The molecule has 1 aromatic heterocycles. The first-order chi connectivity index (χ1) is 10.6. The minimum absolute atomic E-state index is 0.171. The van der Waals surface area contributed by atoms with Crippen molar-refractivity contribution in [1.82, 2.24) is 15.2 Å². The van der Waals surface area contributed by atoms with E-state index in [4.69, 9.17) is 0 Å². The van der Waals surface area contributed by atoms with Gasteiger partial charge in [0.2, 0.25) is 5.95 Å². The predicted octanol–water partition coefficient (Wildman–Crippen LogP) is 3.17. The molecule has 0 bridgehead atoms. The summed E-state index contributed by atoms with van der Waals surface area (Å²) in [4.78, 5) is 16.2. The van der Waals surface area contributed by atoms with Gasteiger partial charge in [0, 0.05) is 11.1 Å². The molecule has 0 aliphatic heterocycles. The highest BCUT2D eigenvalue weighted by Gasteiger charge is 2.10. The maximum absolute atomic E-state index is 12.8. The second kappa shape index (κ2) is 5.77. The second-order valence-electron chi connectivity index (χ2n) is 4.83. The lowest BCUT2D eigenvalue weighted by Gasteiger charge is -2.00. The highest BCUT2D eigenvalue weighted by atomic mass is 19.1. The number of carbonyl (C=O) groups is 1. The number of nitrogens with zero attached hydrogens (tertiary/aromatic N) is 2. The molecule has 0 spiro atoms. The van der Waals surface area contributed by atoms with Crippen LogP contribution in [0.15, 0.2) is 48.5 Å². The maximum Gasteiger partial charge on any atom is 0.258 e. The smallest absolute Gasteiger partial charge is 0.258 e. The molecule has 0 aliphatic carbocycles. The van der Waals surface area contributed by atoms with Crippen LogP contribution in [-0.2, 0) is 0 Å². The van der Waals surface area contributed by atoms with Gasteiger partial charge < -0.3 is 0 Å². The van der Waals surface area contributed by atoms with E-state index in [2.05, 4.69) is 20.5 Å². The Balaban J connectivity index is 1.75. The fraction of sp³-hybridized carbons (Fsp3) is 0.0625. The molecular weight excluding hydrogens is 283 g/mol. The summed E-state index contributed by atoms with van der Waals surface area (Å²) in [5, 5.41) is 9.29. The van der Waals surface area contributed by atoms with Crippen molar-refractivity contribution in [2.24, 2.45) is 0 Å². The molecule has 3 aromatic rings. The molecule has 22 heavy (non-hydrogen) atoms. The average molecular weight is 296 g/mol. The normalized spacial score (nSPS) is 10.5. The van der Waals surface area contributed by atoms with Gasteiger partial charge >= 0.3 is 0 Å². The van der Waals surface area contributed by atoms with Gasteiger partial charge in [-0.15, -0.1) is 5.10 Å². The molecule has 1 heterocycles. The Morgan fingerprint density at radius 2 is 1.77 bits per heavy atom. The Hall–Kier alpha value is -3.02. The summed E-state index contributed by atoms with van der Waals surface area (Å²) in [6.45, 7) is 2.00. The lowest BCUT2D eigenvalue weighted by molar-refractivity contribution is 0.102. The zero-order valence-corrected chi connectivity index (χ0v) is 11.8. The average Bonchev–Trinajstić information content (AvgIpc) is 2.97. The van der Waals surface area contributed by atoms with Crippen molar-refractivity contribution in [1.29, 1.82) is 0 Å². The quantitative estimate of drug-likeness (QED) is 0.780. The van der Waals surface area contributed by atoms with Crippen LogP contribution in [0.2, 0.25) is 0 Å². The van der Waals surface area contributed by atoms with E-state index < -0.39 is 11.7 Å². The SMILES string of the molecule is Cc1ccc(-c2nc(NC(=O)c3ccc(F)cc3)n[nH]2)cc1. The van der Waals surface area contributed by atoms with Crippen molar-refractivity contribution >= 4 is 11.9 Å². The van der Waals surface area contributed by atoms with E-state index in [1.54, 1.807) is 0 Å². The van der Waals surface area contributed by atoms with Crippen LogP contribution in [0.1, 0.15) is 15.9 Å². The number of benzene rings is 2. The van der Waals surface area contributed by atoms with Gasteiger partial charge in [-0.3, -0.25) is 15.2 Å². The lowest BCUT2D eigenvalue weighted by Crippen LogP contribution is -2.12. The molecule has 0 unspecified atom stereocenters. The van der Waals surface area contributed by atoms with Crippen molar-refractivity contribution in [2.45, 2.75) is 6.92 Å². The Morgan fingerprint density at radius 3 is 2.45 bits per heavy atom. The summed E-state index contributed by atoms with van der Waals surface area (Å²) in [5.41, 5.74) is 2.36. The first-order valence-corrected chi connectivity index (χ1v) is 6.68. The molecule has 2 aromatic carbocycles. The Kier molecular flexibility index (Phi) is 3.65. The second-order valence-corrected chi connectivity index (χ2v) is 4.83. The third-order valence-electron chi connectivity index (χ3n) is 3.14. The molecule has 2 N–H and O–H groups in total. The van der Waals surface area contributed by atoms with Crippen LogP contribution in [0.4, 0.5) is 10.3 Å². The number of carbonyl (C=O) groups excluding carboxylic acids is 1. The standard InChI is InChI=1S/C16H13FN4O/c1-10-2-4-11(5-3-10)14-18-16(21-20-14)19-15(22)12-6-8-13(17)9-7-12/h2-9H,1H3,(H2,18,19,20,21,22). The van der Waals surface area contributed by atoms with E-state index in [1.165, 1.54) is 24.3 Å². The molecule has 0 atom stereocenters. The molecule has 1 amide bonds. The minimum Gasteiger partial charge on any atom is -0.289 e. The molecule has 0 radical (unpaired) electrons. The summed E-state index contributed by atoms with van der Waals surface area (Å²) in [6, 6.07) is 13.0. The van der Waals surface area contributed by atoms with Crippen molar-refractivity contribution in [3.05, 3.63) is 65.5 Å². The van der Waals surface area contributed by atoms with Gasteiger partial charge in [-0.05, 0) is 31.2 Å². The lowest BCUT2D eigenvalue weighted by atomic mass is 10.1. The third kappa shape index (κ3) is 3.01. The number of rotatable bonds is 3. The van der Waals surface area contributed by atoms with Gasteiger partial charge in [0.25, 0.3) is 5.91 Å². The summed E-state index contributed by atoms with van der Waals surface area (Å²) in [6.07, 6.45) is 0. The number of aromatic nitrogens is 3. The zero-order valence-electron chi connectivity index (χ0n) is 11.8. The maximum atomic E-state index is 12.8. The molecular formula is C16H13FN4O. The molecule has 0 aliphatic rings. The number of hydrogen-bond acceptors (Lipinski definition) is 3. The molecule has 110 valence electrons. The largest absolute Gasteiger partial charge is 0.289 e. The van der Waals surface area contributed by atoms with E-state index in [0.717, 1.165) is 11.1 Å². The summed E-state index contributed by atoms with van der Waals surface area (Å²) < 4.78 is 12.8. The summed E-state index contributed by atoms with van der Waals surface area (Å²) in [7, 11) is 0. The topological polar surface area (TPSA) is 70.7 Å². The first-order valence-electron chi connectivity index (χ1n) is 6.68. The van der Waals surface area contributed by atoms with Crippen molar-refractivity contribution in [2.75, 3.05) is 5.32 Å². The highest BCUT2D eigenvalue weighted by molar-refractivity contribution is 6.03. The van der Waals surface area contributed by atoms with Crippen molar-refractivity contribution < 1.29 is 9.18 Å². The minimum atomic E-state index is -0.394. The van der Waals surface area contributed by atoms with Crippen LogP contribution >= 0.6 is 0 Å². The number of nitrogens with one attached hydrogen (secondary N) is 2. The van der Waals surface area contributed by atoms with Crippen LogP contribution in [0, 0.1) is 12.7 Å². The molecule has 0 fully saturated rings. The molecule has 3 rings (SSSR count). The van der Waals surface area contributed by atoms with Crippen LogP contribution in [0.25, 0.3) is 11.4 Å². The Labute approximate surface area is 126 Å². The highest BCUT2D eigenvalue weighted by Crippen LogP contribution is 2.16. The summed E-state index contributed by atoms with van der Waals surface area (Å²) in [5.74, 6) is -0.0511. The van der Waals surface area contributed by atoms with Gasteiger partial charge in [0.1, 0.15) is 5.82 Å². The van der Waals surface area contributed by atoms with Gasteiger partial charge in [-0.25, -0.2) is 4.39 Å². The number of anilines is 1. The molecule has 0 saturated carbocycles. The van der Waals surface area contributed by atoms with Gasteiger partial charge in [-0.2, -0.15) is 4.98 Å². The Morgan fingerprint density at radius 1 is 1.09 bits per heavy atom. The van der Waals surface area contributed by atoms with Gasteiger partial charge in [-0.1, -0.05) is 29.8 Å². The third-order valence-corrected chi connectivity index (χ3v) is 3.14. The molecule has 6 heteroatoms. The van der Waals surface area contributed by atoms with E-state index in [1.807, 2.05) is 31.2 Å². The monoisotopic (exact) mass is 296 g/mol. The van der Waals surface area contributed by atoms with Gasteiger partial charge in [0.05, 0.1) is 0 Å². The zero-order chi connectivity index (χ0) is 15.5. The fourth-order valence-electron chi connectivity index (χ4n) is 1.93. The summed E-state index contributed by atoms with van der Waals surface area (Å²) >= 11 is 0. The van der Waals surface area contributed by atoms with Crippen molar-refractivity contribution in [3.63, 3.8) is 0 Å². The van der Waals surface area contributed by atoms with Gasteiger partial charge in [0.15, 0.2) is 5.82 Å². The van der Waals surface area contributed by atoms with Crippen molar-refractivity contribution in [3.8, 4) is 11.4 Å². The first kappa shape index (κ1) is 13.9. The van der Waals surface area contributed by atoms with E-state index in [9.17, 15) is 9.18 Å². The molecule has 0 saturated heterocycles. The number of aryl methyl sites for hydroxylation is 1. The number of H-pyrrole nitrogens is 1. The fourth-order valence-corrected chi connectivity index (χ4v) is 1.93. The van der Waals surface area contributed by atoms with Crippen LogP contribution in [0.3, 0.4) is 0 Å². The van der Waals surface area contributed by atoms with E-state index in [-0.39, 0.29) is 5.95 Å². The van der Waals surface area contributed by atoms with E-state index >= 15 is 0 Å². The van der Waals surface area contributed by atoms with Crippen LogP contribution in [0.5, 0.6) is 0 Å². The number of hydrogen-bond donors (Lipinski definition) is 2. The van der Waals surface area contributed by atoms with E-state index in [0.29, 0.717) is 11.4 Å². The van der Waals surface area contributed by atoms with Crippen LogP contribution < -0.4 is 5.32 Å². The molecule has 5 nitrogen and oxygen atoms in total. The Bertz CT molecular complexity index is 794.